The van der Waals surface area contributed by atoms with Crippen molar-refractivity contribution in [2.75, 3.05) is 0 Å². The molecule has 1 heteroatoms. The summed E-state index contributed by atoms with van der Waals surface area (Å²) in [6.07, 6.45) is 1.18. The molecule has 0 heterocycles. The van der Waals surface area contributed by atoms with Crippen LogP contribution in [0.15, 0.2) is 24.3 Å². The summed E-state index contributed by atoms with van der Waals surface area (Å²) in [7, 11) is 0. The average molecular weight is 269 g/mol. The maximum Gasteiger partial charge on any atom is 0.0418 e. The smallest absolute Gasteiger partial charge is 0.0418 e. The molecule has 0 aliphatic carbocycles. The van der Waals surface area contributed by atoms with E-state index in [0.29, 0.717) is 10.7 Å². The summed E-state index contributed by atoms with van der Waals surface area (Å²) in [6.45, 7) is 8.99. The van der Waals surface area contributed by atoms with Gasteiger partial charge in [-0.15, -0.1) is 0 Å². The van der Waals surface area contributed by atoms with Gasteiger partial charge in [0.1, 0.15) is 0 Å². The van der Waals surface area contributed by atoms with Crippen molar-refractivity contribution in [3.05, 3.63) is 35.4 Å². The summed E-state index contributed by atoms with van der Waals surface area (Å²) in [4.78, 5) is 0.477. The molecule has 0 spiro atoms. The fraction of sp³-hybridized carbons (Fsp3) is 0.571. The topological polar surface area (TPSA) is 0 Å². The van der Waals surface area contributed by atoms with E-state index in [1.54, 1.807) is 0 Å². The van der Waals surface area contributed by atoms with E-state index >= 15 is 0 Å². The van der Waals surface area contributed by atoms with E-state index < -0.39 is 0 Å². The van der Waals surface area contributed by atoms with Gasteiger partial charge < -0.3 is 0 Å². The monoisotopic (exact) mass is 268 g/mol. The average Bonchev–Trinajstić information content (AvgIpc) is 2.17. The van der Waals surface area contributed by atoms with E-state index in [1.165, 1.54) is 17.5 Å². The zero-order valence-corrected chi connectivity index (χ0v) is 11.7. The number of benzene rings is 1. The van der Waals surface area contributed by atoms with Crippen LogP contribution in [0.25, 0.3) is 0 Å². The predicted molar refractivity (Wildman–Crippen MR) is 71.5 cm³/mol. The van der Waals surface area contributed by atoms with E-state index in [4.69, 9.17) is 0 Å². The molecule has 0 N–H and O–H groups in total. The minimum atomic E-state index is 0.477. The van der Waals surface area contributed by atoms with Crippen LogP contribution in [-0.2, 0) is 6.42 Å². The molecule has 0 fully saturated rings. The molecule has 0 aliphatic heterocycles. The first-order valence-corrected chi connectivity index (χ1v) is 6.65. The Hall–Kier alpha value is -0.300. The maximum atomic E-state index is 3.73. The molecular formula is C14H21Br. The first kappa shape index (κ1) is 12.8. The van der Waals surface area contributed by atoms with Crippen LogP contribution >= 0.6 is 15.9 Å². The quantitative estimate of drug-likeness (QED) is 0.676. The van der Waals surface area contributed by atoms with Crippen LogP contribution in [0, 0.1) is 11.8 Å². The van der Waals surface area contributed by atoms with Gasteiger partial charge in [-0.3, -0.25) is 0 Å². The molecule has 0 amide bonds. The molecule has 1 aromatic carbocycles. The lowest BCUT2D eigenvalue weighted by Gasteiger charge is -2.14. The van der Waals surface area contributed by atoms with Crippen LogP contribution in [0.3, 0.4) is 0 Å². The van der Waals surface area contributed by atoms with Gasteiger partial charge in [0.2, 0.25) is 0 Å². The largest absolute Gasteiger partial charge is 0.0836 e. The van der Waals surface area contributed by atoms with Crippen molar-refractivity contribution in [3.8, 4) is 0 Å². The molecule has 15 heavy (non-hydrogen) atoms. The third-order valence-corrected chi connectivity index (χ3v) is 4.11. The van der Waals surface area contributed by atoms with E-state index in [1.807, 2.05) is 0 Å². The van der Waals surface area contributed by atoms with Gasteiger partial charge in [0.15, 0.2) is 0 Å². The molecule has 0 aromatic heterocycles. The lowest BCUT2D eigenvalue weighted by Crippen LogP contribution is -1.99. The third kappa shape index (κ3) is 3.98. The molecule has 0 bridgehead atoms. The summed E-state index contributed by atoms with van der Waals surface area (Å²) in [6, 6.07) is 9.01. The SMILES string of the molecule is CC(C)Cc1ccc(C(Br)C(C)C)cc1. The molecule has 0 saturated heterocycles. The molecular weight excluding hydrogens is 248 g/mol. The van der Waals surface area contributed by atoms with Crippen LogP contribution in [0.5, 0.6) is 0 Å². The highest BCUT2D eigenvalue weighted by Crippen LogP contribution is 2.30. The van der Waals surface area contributed by atoms with Crippen LogP contribution < -0.4 is 0 Å². The van der Waals surface area contributed by atoms with Gasteiger partial charge in [-0.25, -0.2) is 0 Å². The zero-order chi connectivity index (χ0) is 11.4. The Bertz CT molecular complexity index is 285. The van der Waals surface area contributed by atoms with E-state index in [-0.39, 0.29) is 0 Å². The predicted octanol–water partition coefficient (Wildman–Crippen LogP) is 4.98. The fourth-order valence-electron chi connectivity index (χ4n) is 1.69. The molecule has 1 unspecified atom stereocenters. The van der Waals surface area contributed by atoms with Crippen LogP contribution in [0.2, 0.25) is 0 Å². The molecule has 1 aromatic rings. The van der Waals surface area contributed by atoms with Crippen molar-refractivity contribution in [2.24, 2.45) is 11.8 Å². The normalized spacial score (nSPS) is 13.5. The van der Waals surface area contributed by atoms with Gasteiger partial charge in [-0.1, -0.05) is 67.9 Å². The first-order valence-electron chi connectivity index (χ1n) is 5.73. The van der Waals surface area contributed by atoms with Gasteiger partial charge in [-0.2, -0.15) is 0 Å². The van der Waals surface area contributed by atoms with E-state index in [2.05, 4.69) is 67.9 Å². The van der Waals surface area contributed by atoms with Gasteiger partial charge in [0.05, 0.1) is 0 Å². The minimum absolute atomic E-state index is 0.477. The second-order valence-electron chi connectivity index (χ2n) is 4.99. The molecule has 0 nitrogen and oxygen atoms in total. The Kier molecular flexibility index (Phi) is 4.85. The van der Waals surface area contributed by atoms with Crippen LogP contribution in [0.1, 0.15) is 43.6 Å². The van der Waals surface area contributed by atoms with Gasteiger partial charge >= 0.3 is 0 Å². The Morgan fingerprint density at radius 3 is 1.93 bits per heavy atom. The Morgan fingerprint density at radius 2 is 1.53 bits per heavy atom. The van der Waals surface area contributed by atoms with Crippen LogP contribution in [0.4, 0.5) is 0 Å². The maximum absolute atomic E-state index is 3.73. The molecule has 0 saturated carbocycles. The number of alkyl halides is 1. The number of rotatable bonds is 4. The van der Waals surface area contributed by atoms with E-state index in [0.717, 1.165) is 5.92 Å². The molecule has 1 rings (SSSR count). The van der Waals surface area contributed by atoms with Crippen LogP contribution in [-0.4, -0.2) is 0 Å². The fourth-order valence-corrected chi connectivity index (χ4v) is 2.00. The summed E-state index contributed by atoms with van der Waals surface area (Å²) in [5, 5.41) is 0. The Balaban J connectivity index is 2.72. The van der Waals surface area contributed by atoms with Crippen molar-refractivity contribution in [3.63, 3.8) is 0 Å². The lowest BCUT2D eigenvalue weighted by molar-refractivity contribution is 0.636. The van der Waals surface area contributed by atoms with Crippen molar-refractivity contribution in [2.45, 2.75) is 38.9 Å². The van der Waals surface area contributed by atoms with Gasteiger partial charge in [-0.05, 0) is 29.4 Å². The highest BCUT2D eigenvalue weighted by atomic mass is 79.9. The molecule has 0 aliphatic rings. The second kappa shape index (κ2) is 5.69. The van der Waals surface area contributed by atoms with Gasteiger partial charge in [0, 0.05) is 4.83 Å². The molecule has 84 valence electrons. The summed E-state index contributed by atoms with van der Waals surface area (Å²) < 4.78 is 0. The second-order valence-corrected chi connectivity index (χ2v) is 5.97. The number of hydrogen-bond donors (Lipinski definition) is 0. The van der Waals surface area contributed by atoms with Crippen molar-refractivity contribution >= 4 is 15.9 Å². The van der Waals surface area contributed by atoms with Crippen molar-refractivity contribution in [1.82, 2.24) is 0 Å². The lowest BCUT2D eigenvalue weighted by atomic mass is 9.98. The highest BCUT2D eigenvalue weighted by Gasteiger charge is 2.11. The Morgan fingerprint density at radius 1 is 1.00 bits per heavy atom. The van der Waals surface area contributed by atoms with Gasteiger partial charge in [0.25, 0.3) is 0 Å². The molecule has 0 radical (unpaired) electrons. The van der Waals surface area contributed by atoms with E-state index in [9.17, 15) is 0 Å². The zero-order valence-electron chi connectivity index (χ0n) is 10.1. The standard InChI is InChI=1S/C14H21Br/c1-10(2)9-12-5-7-13(8-6-12)14(15)11(3)4/h5-8,10-11,14H,9H2,1-4H3. The Labute approximate surface area is 102 Å². The summed E-state index contributed by atoms with van der Waals surface area (Å²) in [5.74, 6) is 1.38. The van der Waals surface area contributed by atoms with Crippen molar-refractivity contribution in [1.29, 1.82) is 0 Å². The third-order valence-electron chi connectivity index (χ3n) is 2.53. The minimum Gasteiger partial charge on any atom is -0.0836 e. The first-order chi connectivity index (χ1) is 7.00. The number of halogens is 1. The number of hydrogen-bond acceptors (Lipinski definition) is 0. The highest BCUT2D eigenvalue weighted by molar-refractivity contribution is 9.09. The summed E-state index contributed by atoms with van der Waals surface area (Å²) in [5.41, 5.74) is 2.83. The summed E-state index contributed by atoms with van der Waals surface area (Å²) >= 11 is 3.73. The molecule has 1 atom stereocenters. The van der Waals surface area contributed by atoms with Crippen molar-refractivity contribution < 1.29 is 0 Å².